The Kier molecular flexibility index (Phi) is 2.52. The molecule has 0 aromatic heterocycles. The van der Waals surface area contributed by atoms with Gasteiger partial charge in [-0.2, -0.15) is 0 Å². The third kappa shape index (κ3) is 1.78. The van der Waals surface area contributed by atoms with Gasteiger partial charge in [-0.15, -0.1) is 0 Å². The Balaban J connectivity index is 2.26. The summed E-state index contributed by atoms with van der Waals surface area (Å²) in [5, 5.41) is 0.767. The zero-order valence-corrected chi connectivity index (χ0v) is 9.09. The van der Waals surface area contributed by atoms with Crippen LogP contribution in [0.5, 0.6) is 0 Å². The minimum Gasteiger partial charge on any atom is -0.320 e. The van der Waals surface area contributed by atoms with Crippen LogP contribution < -0.4 is 5.73 Å². The summed E-state index contributed by atoms with van der Waals surface area (Å²) in [6.07, 6.45) is 1.02. The molecular weight excluding hydrogens is 196 g/mol. The van der Waals surface area contributed by atoms with Crippen molar-refractivity contribution in [2.45, 2.75) is 12.0 Å². The molecule has 1 saturated heterocycles. The number of hydrogen-bond acceptors (Lipinski definition) is 2. The highest BCUT2D eigenvalue weighted by atomic mass is 35.5. The SMILES string of the molecule is CN1CCC(N)(c2ccc(Cl)cc2)C1. The first kappa shape index (κ1) is 9.97. The topological polar surface area (TPSA) is 29.3 Å². The Labute approximate surface area is 89.7 Å². The molecule has 2 nitrogen and oxygen atoms in total. The summed E-state index contributed by atoms with van der Waals surface area (Å²) in [5.74, 6) is 0. The van der Waals surface area contributed by atoms with Crippen molar-refractivity contribution in [2.75, 3.05) is 20.1 Å². The van der Waals surface area contributed by atoms with Crippen LogP contribution in [0.3, 0.4) is 0 Å². The van der Waals surface area contributed by atoms with E-state index in [1.165, 1.54) is 5.56 Å². The first-order valence-corrected chi connectivity index (χ1v) is 5.21. The van der Waals surface area contributed by atoms with Gasteiger partial charge in [-0.1, -0.05) is 23.7 Å². The second-order valence-electron chi connectivity index (χ2n) is 4.15. The van der Waals surface area contributed by atoms with Crippen LogP contribution in [-0.4, -0.2) is 25.0 Å². The summed E-state index contributed by atoms with van der Waals surface area (Å²) in [5.41, 5.74) is 7.34. The lowest BCUT2D eigenvalue weighted by Gasteiger charge is -2.24. The molecule has 0 radical (unpaired) electrons. The van der Waals surface area contributed by atoms with Crippen molar-refractivity contribution in [1.82, 2.24) is 4.90 Å². The molecular formula is C11H15ClN2. The fraction of sp³-hybridized carbons (Fsp3) is 0.455. The van der Waals surface area contributed by atoms with Crippen LogP contribution in [0.25, 0.3) is 0 Å². The Hall–Kier alpha value is -0.570. The van der Waals surface area contributed by atoms with Crippen LogP contribution in [0.1, 0.15) is 12.0 Å². The van der Waals surface area contributed by atoms with Gasteiger partial charge in [0, 0.05) is 18.1 Å². The lowest BCUT2D eigenvalue weighted by molar-refractivity contribution is 0.373. The number of halogens is 1. The van der Waals surface area contributed by atoms with E-state index in [1.807, 2.05) is 24.3 Å². The summed E-state index contributed by atoms with van der Waals surface area (Å²) in [6.45, 7) is 1.99. The molecule has 1 aromatic carbocycles. The van der Waals surface area contributed by atoms with E-state index in [1.54, 1.807) is 0 Å². The first-order chi connectivity index (χ1) is 6.60. The molecule has 1 aliphatic rings. The molecule has 0 spiro atoms. The van der Waals surface area contributed by atoms with Crippen molar-refractivity contribution in [1.29, 1.82) is 0 Å². The van der Waals surface area contributed by atoms with Crippen LogP contribution in [0.4, 0.5) is 0 Å². The Morgan fingerprint density at radius 3 is 2.50 bits per heavy atom. The second kappa shape index (κ2) is 3.54. The molecule has 2 N–H and O–H groups in total. The molecule has 1 unspecified atom stereocenters. The molecule has 3 heteroatoms. The number of hydrogen-bond donors (Lipinski definition) is 1. The Bertz CT molecular complexity index is 323. The highest BCUT2D eigenvalue weighted by Crippen LogP contribution is 2.29. The van der Waals surface area contributed by atoms with E-state index in [0.717, 1.165) is 24.5 Å². The number of nitrogens with two attached hydrogens (primary N) is 1. The normalized spacial score (nSPS) is 28.2. The van der Waals surface area contributed by atoms with Crippen LogP contribution in [0.15, 0.2) is 24.3 Å². The number of rotatable bonds is 1. The average Bonchev–Trinajstić information content (AvgIpc) is 2.48. The van der Waals surface area contributed by atoms with Crippen molar-refractivity contribution in [3.63, 3.8) is 0 Å². The number of benzene rings is 1. The zero-order valence-electron chi connectivity index (χ0n) is 8.33. The van der Waals surface area contributed by atoms with E-state index in [-0.39, 0.29) is 5.54 Å². The molecule has 0 aliphatic carbocycles. The van der Waals surface area contributed by atoms with E-state index < -0.39 is 0 Å². The van der Waals surface area contributed by atoms with Gasteiger partial charge in [0.1, 0.15) is 0 Å². The number of likely N-dealkylation sites (tertiary alicyclic amines) is 1. The van der Waals surface area contributed by atoms with Crippen LogP contribution in [-0.2, 0) is 5.54 Å². The molecule has 0 saturated carbocycles. The van der Waals surface area contributed by atoms with Gasteiger partial charge in [-0.25, -0.2) is 0 Å². The van der Waals surface area contributed by atoms with Gasteiger partial charge in [-0.3, -0.25) is 0 Å². The van der Waals surface area contributed by atoms with Gasteiger partial charge in [0.15, 0.2) is 0 Å². The highest BCUT2D eigenvalue weighted by molar-refractivity contribution is 6.30. The van der Waals surface area contributed by atoms with E-state index in [4.69, 9.17) is 17.3 Å². The fourth-order valence-electron chi connectivity index (χ4n) is 2.05. The largest absolute Gasteiger partial charge is 0.320 e. The van der Waals surface area contributed by atoms with E-state index in [2.05, 4.69) is 11.9 Å². The van der Waals surface area contributed by atoms with Gasteiger partial charge in [-0.05, 0) is 31.2 Å². The predicted octanol–water partition coefficient (Wildman–Crippen LogP) is 1.83. The summed E-state index contributed by atoms with van der Waals surface area (Å²) in [7, 11) is 2.10. The third-order valence-electron chi connectivity index (χ3n) is 2.91. The molecule has 0 amide bonds. The van der Waals surface area contributed by atoms with Crippen LogP contribution in [0.2, 0.25) is 5.02 Å². The maximum Gasteiger partial charge on any atom is 0.0550 e. The minimum atomic E-state index is -0.181. The molecule has 1 aliphatic heterocycles. The van der Waals surface area contributed by atoms with Crippen molar-refractivity contribution < 1.29 is 0 Å². The molecule has 14 heavy (non-hydrogen) atoms. The van der Waals surface area contributed by atoms with Crippen molar-refractivity contribution in [2.24, 2.45) is 5.73 Å². The maximum absolute atomic E-state index is 6.34. The molecule has 0 bridgehead atoms. The second-order valence-corrected chi connectivity index (χ2v) is 4.59. The molecule has 1 atom stereocenters. The molecule has 76 valence electrons. The average molecular weight is 211 g/mol. The Morgan fingerprint density at radius 1 is 1.36 bits per heavy atom. The molecule has 2 rings (SSSR count). The molecule has 1 fully saturated rings. The van der Waals surface area contributed by atoms with Gasteiger partial charge >= 0.3 is 0 Å². The van der Waals surface area contributed by atoms with Gasteiger partial charge in [0.05, 0.1) is 5.54 Å². The fourth-order valence-corrected chi connectivity index (χ4v) is 2.17. The van der Waals surface area contributed by atoms with Gasteiger partial charge < -0.3 is 10.6 Å². The lowest BCUT2D eigenvalue weighted by Crippen LogP contribution is -2.38. The highest BCUT2D eigenvalue weighted by Gasteiger charge is 2.33. The summed E-state index contributed by atoms with van der Waals surface area (Å²) >= 11 is 5.84. The quantitative estimate of drug-likeness (QED) is 0.767. The first-order valence-electron chi connectivity index (χ1n) is 4.84. The molecule has 1 aromatic rings. The van der Waals surface area contributed by atoms with Gasteiger partial charge in [0.25, 0.3) is 0 Å². The number of likely N-dealkylation sites (N-methyl/N-ethyl adjacent to an activating group) is 1. The van der Waals surface area contributed by atoms with E-state index in [0.29, 0.717) is 0 Å². The van der Waals surface area contributed by atoms with Crippen molar-refractivity contribution in [3.8, 4) is 0 Å². The summed E-state index contributed by atoms with van der Waals surface area (Å²) in [4.78, 5) is 2.26. The zero-order chi connectivity index (χ0) is 10.2. The van der Waals surface area contributed by atoms with Gasteiger partial charge in [0.2, 0.25) is 0 Å². The van der Waals surface area contributed by atoms with E-state index in [9.17, 15) is 0 Å². The maximum atomic E-state index is 6.34. The standard InChI is InChI=1S/C11H15ClN2/c1-14-7-6-11(13,8-14)9-2-4-10(12)5-3-9/h2-5H,6-8,13H2,1H3. The smallest absolute Gasteiger partial charge is 0.0550 e. The summed E-state index contributed by atoms with van der Waals surface area (Å²) < 4.78 is 0. The van der Waals surface area contributed by atoms with Crippen molar-refractivity contribution in [3.05, 3.63) is 34.9 Å². The van der Waals surface area contributed by atoms with E-state index >= 15 is 0 Å². The Morgan fingerprint density at radius 2 is 2.00 bits per heavy atom. The third-order valence-corrected chi connectivity index (χ3v) is 3.16. The number of nitrogens with zero attached hydrogens (tertiary/aromatic N) is 1. The monoisotopic (exact) mass is 210 g/mol. The lowest BCUT2D eigenvalue weighted by atomic mass is 9.90. The molecule has 1 heterocycles. The van der Waals surface area contributed by atoms with Crippen molar-refractivity contribution >= 4 is 11.6 Å². The minimum absolute atomic E-state index is 0.181. The van der Waals surface area contributed by atoms with Crippen LogP contribution in [0, 0.1) is 0 Å². The summed E-state index contributed by atoms with van der Waals surface area (Å²) in [6, 6.07) is 7.87. The van der Waals surface area contributed by atoms with Crippen LogP contribution >= 0.6 is 11.6 Å². The predicted molar refractivity (Wildman–Crippen MR) is 59.4 cm³/mol.